The number of nitrogens with one attached hydrogen (secondary N) is 1. The average Bonchev–Trinajstić information content (AvgIpc) is 2.54. The van der Waals surface area contributed by atoms with Gasteiger partial charge in [-0.05, 0) is 56.9 Å². The van der Waals surface area contributed by atoms with E-state index in [1.165, 1.54) is 57.2 Å². The maximum absolute atomic E-state index is 3.60. The second-order valence-electron chi connectivity index (χ2n) is 6.31. The Hall–Kier alpha value is -0.860. The van der Waals surface area contributed by atoms with Crippen molar-refractivity contribution in [2.75, 3.05) is 20.1 Å². The van der Waals surface area contributed by atoms with Crippen LogP contribution < -0.4 is 5.32 Å². The molecular weight excluding hydrogens is 256 g/mol. The maximum Gasteiger partial charge on any atom is 0.0478 e. The highest BCUT2D eigenvalue weighted by Gasteiger charge is 2.31. The minimum absolute atomic E-state index is 0.490. The average molecular weight is 288 g/mol. The molecule has 0 aliphatic heterocycles. The number of rotatable bonds is 8. The van der Waals surface area contributed by atoms with Crippen molar-refractivity contribution < 1.29 is 0 Å². The SMILES string of the molecule is CCCCN(CCCC)C1CCc2ccccc2C1NC. The van der Waals surface area contributed by atoms with Gasteiger partial charge in [0, 0.05) is 12.1 Å². The standard InChI is InChI=1S/C19H32N2/c1-4-6-14-21(15-7-5-2)18-13-12-16-10-8-9-11-17(16)19(18)20-3/h8-11,18-20H,4-7,12-15H2,1-3H3. The Kier molecular flexibility index (Phi) is 6.72. The number of benzene rings is 1. The van der Waals surface area contributed by atoms with Gasteiger partial charge in [0.2, 0.25) is 0 Å². The van der Waals surface area contributed by atoms with Crippen molar-refractivity contribution in [2.45, 2.75) is 64.5 Å². The van der Waals surface area contributed by atoms with Gasteiger partial charge in [-0.25, -0.2) is 0 Å². The first kappa shape index (κ1) is 16.5. The molecule has 0 spiro atoms. The van der Waals surface area contributed by atoms with E-state index in [2.05, 4.69) is 55.4 Å². The second-order valence-corrected chi connectivity index (χ2v) is 6.31. The van der Waals surface area contributed by atoms with Gasteiger partial charge in [0.1, 0.15) is 0 Å². The normalized spacial score (nSPS) is 21.5. The van der Waals surface area contributed by atoms with E-state index < -0.39 is 0 Å². The van der Waals surface area contributed by atoms with Crippen molar-refractivity contribution in [3.05, 3.63) is 35.4 Å². The zero-order chi connectivity index (χ0) is 15.1. The fraction of sp³-hybridized carbons (Fsp3) is 0.684. The van der Waals surface area contributed by atoms with Gasteiger partial charge in [-0.3, -0.25) is 4.90 Å². The molecule has 1 aliphatic rings. The lowest BCUT2D eigenvalue weighted by molar-refractivity contribution is 0.139. The molecule has 2 rings (SSSR count). The lowest BCUT2D eigenvalue weighted by Gasteiger charge is -2.41. The Morgan fingerprint density at radius 3 is 2.38 bits per heavy atom. The van der Waals surface area contributed by atoms with Gasteiger partial charge < -0.3 is 5.32 Å². The van der Waals surface area contributed by atoms with Crippen LogP contribution in [0.2, 0.25) is 0 Å². The Labute approximate surface area is 130 Å². The lowest BCUT2D eigenvalue weighted by atomic mass is 9.83. The van der Waals surface area contributed by atoms with Crippen LogP contribution in [0, 0.1) is 0 Å². The number of likely N-dealkylation sites (N-methyl/N-ethyl adjacent to an activating group) is 1. The summed E-state index contributed by atoms with van der Waals surface area (Å²) >= 11 is 0. The van der Waals surface area contributed by atoms with Gasteiger partial charge in [-0.2, -0.15) is 0 Å². The summed E-state index contributed by atoms with van der Waals surface area (Å²) in [4.78, 5) is 2.75. The molecule has 21 heavy (non-hydrogen) atoms. The molecule has 2 atom stereocenters. The molecule has 0 heterocycles. The van der Waals surface area contributed by atoms with Crippen LogP contribution in [-0.2, 0) is 6.42 Å². The quantitative estimate of drug-likeness (QED) is 0.772. The fourth-order valence-corrected chi connectivity index (χ4v) is 3.65. The third-order valence-corrected chi connectivity index (χ3v) is 4.86. The number of nitrogens with zero attached hydrogens (tertiary/aromatic N) is 1. The van der Waals surface area contributed by atoms with Crippen LogP contribution in [0.5, 0.6) is 0 Å². The van der Waals surface area contributed by atoms with E-state index in [0.717, 1.165) is 0 Å². The highest BCUT2D eigenvalue weighted by atomic mass is 15.2. The summed E-state index contributed by atoms with van der Waals surface area (Å²) in [6, 6.07) is 10.1. The summed E-state index contributed by atoms with van der Waals surface area (Å²) in [6.07, 6.45) is 7.73. The molecule has 0 amide bonds. The third-order valence-electron chi connectivity index (χ3n) is 4.86. The van der Waals surface area contributed by atoms with Crippen molar-refractivity contribution in [1.82, 2.24) is 10.2 Å². The molecule has 2 heteroatoms. The summed E-state index contributed by atoms with van der Waals surface area (Å²) < 4.78 is 0. The van der Waals surface area contributed by atoms with Crippen LogP contribution >= 0.6 is 0 Å². The summed E-state index contributed by atoms with van der Waals surface area (Å²) in [6.45, 7) is 7.09. The number of fused-ring (bicyclic) bond motifs is 1. The summed E-state index contributed by atoms with van der Waals surface area (Å²) in [5, 5.41) is 3.60. The van der Waals surface area contributed by atoms with Gasteiger partial charge in [-0.15, -0.1) is 0 Å². The minimum atomic E-state index is 0.490. The van der Waals surface area contributed by atoms with Crippen molar-refractivity contribution in [3.63, 3.8) is 0 Å². The van der Waals surface area contributed by atoms with Crippen LogP contribution in [0.15, 0.2) is 24.3 Å². The summed E-state index contributed by atoms with van der Waals surface area (Å²) in [5.74, 6) is 0. The molecule has 0 aromatic heterocycles. The molecule has 0 fully saturated rings. The zero-order valence-corrected chi connectivity index (χ0v) is 14.1. The van der Waals surface area contributed by atoms with E-state index in [9.17, 15) is 0 Å². The molecule has 1 aromatic carbocycles. The molecule has 0 bridgehead atoms. The van der Waals surface area contributed by atoms with Crippen molar-refractivity contribution in [1.29, 1.82) is 0 Å². The summed E-state index contributed by atoms with van der Waals surface area (Å²) in [5.41, 5.74) is 3.06. The number of hydrogen-bond donors (Lipinski definition) is 1. The van der Waals surface area contributed by atoms with Crippen LogP contribution in [-0.4, -0.2) is 31.1 Å². The molecule has 118 valence electrons. The molecule has 1 aromatic rings. The van der Waals surface area contributed by atoms with Crippen molar-refractivity contribution in [2.24, 2.45) is 0 Å². The van der Waals surface area contributed by atoms with E-state index in [0.29, 0.717) is 12.1 Å². The number of aryl methyl sites for hydroxylation is 1. The first-order chi connectivity index (χ1) is 10.3. The Balaban J connectivity index is 2.15. The number of hydrogen-bond acceptors (Lipinski definition) is 2. The third kappa shape index (κ3) is 4.08. The molecular formula is C19H32N2. The zero-order valence-electron chi connectivity index (χ0n) is 14.1. The summed E-state index contributed by atoms with van der Waals surface area (Å²) in [7, 11) is 2.12. The molecule has 0 saturated carbocycles. The van der Waals surface area contributed by atoms with Crippen LogP contribution in [0.25, 0.3) is 0 Å². The Morgan fingerprint density at radius 2 is 1.76 bits per heavy atom. The highest BCUT2D eigenvalue weighted by molar-refractivity contribution is 5.34. The highest BCUT2D eigenvalue weighted by Crippen LogP contribution is 2.33. The van der Waals surface area contributed by atoms with Gasteiger partial charge in [0.05, 0.1) is 0 Å². The van der Waals surface area contributed by atoms with Crippen molar-refractivity contribution >= 4 is 0 Å². The molecule has 1 aliphatic carbocycles. The smallest absolute Gasteiger partial charge is 0.0478 e. The van der Waals surface area contributed by atoms with Gasteiger partial charge in [-0.1, -0.05) is 51.0 Å². The van der Waals surface area contributed by atoms with Crippen LogP contribution in [0.1, 0.15) is 63.1 Å². The van der Waals surface area contributed by atoms with Gasteiger partial charge >= 0.3 is 0 Å². The molecule has 0 saturated heterocycles. The van der Waals surface area contributed by atoms with E-state index in [4.69, 9.17) is 0 Å². The topological polar surface area (TPSA) is 15.3 Å². The Bertz CT molecular complexity index is 408. The van der Waals surface area contributed by atoms with E-state index in [1.54, 1.807) is 5.56 Å². The second kappa shape index (κ2) is 8.55. The largest absolute Gasteiger partial charge is 0.312 e. The first-order valence-electron chi connectivity index (χ1n) is 8.80. The molecule has 0 radical (unpaired) electrons. The van der Waals surface area contributed by atoms with E-state index >= 15 is 0 Å². The van der Waals surface area contributed by atoms with Gasteiger partial charge in [0.15, 0.2) is 0 Å². The van der Waals surface area contributed by atoms with Crippen LogP contribution in [0.3, 0.4) is 0 Å². The maximum atomic E-state index is 3.60. The van der Waals surface area contributed by atoms with E-state index in [-0.39, 0.29) is 0 Å². The molecule has 2 nitrogen and oxygen atoms in total. The van der Waals surface area contributed by atoms with Gasteiger partial charge in [0.25, 0.3) is 0 Å². The van der Waals surface area contributed by atoms with E-state index in [1.807, 2.05) is 0 Å². The Morgan fingerprint density at radius 1 is 1.10 bits per heavy atom. The predicted octanol–water partition coefficient (Wildman–Crippen LogP) is 4.16. The fourth-order valence-electron chi connectivity index (χ4n) is 3.65. The molecule has 2 unspecified atom stereocenters. The lowest BCUT2D eigenvalue weighted by Crippen LogP contribution is -2.47. The van der Waals surface area contributed by atoms with Crippen LogP contribution in [0.4, 0.5) is 0 Å². The first-order valence-corrected chi connectivity index (χ1v) is 8.80. The monoisotopic (exact) mass is 288 g/mol. The van der Waals surface area contributed by atoms with Crippen molar-refractivity contribution in [3.8, 4) is 0 Å². The molecule has 1 N–H and O–H groups in total. The predicted molar refractivity (Wildman–Crippen MR) is 91.7 cm³/mol. The minimum Gasteiger partial charge on any atom is -0.312 e. The number of unbranched alkanes of at least 4 members (excludes halogenated alkanes) is 2.